The number of aryl methyl sites for hydroxylation is 1. The summed E-state index contributed by atoms with van der Waals surface area (Å²) in [5.74, 6) is 0.365. The molecule has 39 heavy (non-hydrogen) atoms. The zero-order valence-corrected chi connectivity index (χ0v) is 24.1. The number of urea groups is 1. The molecular formula is C30H38ClN5O3. The fourth-order valence-corrected chi connectivity index (χ4v) is 5.94. The van der Waals surface area contributed by atoms with E-state index in [0.717, 1.165) is 65.6 Å². The Morgan fingerprint density at radius 2 is 1.95 bits per heavy atom. The molecule has 1 aromatic carbocycles. The van der Waals surface area contributed by atoms with Crippen LogP contribution in [-0.4, -0.2) is 70.2 Å². The van der Waals surface area contributed by atoms with Crippen molar-refractivity contribution in [3.8, 4) is 11.1 Å². The number of likely N-dealkylation sites (tertiary alicyclic amines) is 1. The zero-order chi connectivity index (χ0) is 27.7. The molecule has 0 radical (unpaired) electrons. The molecule has 5 rings (SSSR count). The van der Waals surface area contributed by atoms with Crippen molar-refractivity contribution in [2.75, 3.05) is 37.6 Å². The molecule has 8 nitrogen and oxygen atoms in total. The second-order valence-corrected chi connectivity index (χ2v) is 11.9. The Bertz CT molecular complexity index is 1360. The van der Waals surface area contributed by atoms with Crippen LogP contribution in [-0.2, 0) is 11.2 Å². The summed E-state index contributed by atoms with van der Waals surface area (Å²) >= 11 is 6.88. The highest BCUT2D eigenvalue weighted by Crippen LogP contribution is 2.36. The normalized spacial score (nSPS) is 17.3. The summed E-state index contributed by atoms with van der Waals surface area (Å²) in [5.41, 5.74) is 4.09. The molecule has 2 aliphatic heterocycles. The van der Waals surface area contributed by atoms with Gasteiger partial charge in [0.2, 0.25) is 0 Å². The van der Waals surface area contributed by atoms with Crippen LogP contribution in [0.1, 0.15) is 52.5 Å². The van der Waals surface area contributed by atoms with Gasteiger partial charge in [0.1, 0.15) is 11.2 Å². The maximum atomic E-state index is 13.6. The van der Waals surface area contributed by atoms with Gasteiger partial charge in [-0.1, -0.05) is 30.7 Å². The summed E-state index contributed by atoms with van der Waals surface area (Å²) < 4.78 is 5.52. The summed E-state index contributed by atoms with van der Waals surface area (Å²) in [4.78, 5) is 39.4. The minimum atomic E-state index is -0.496. The molecule has 0 atom stereocenters. The van der Waals surface area contributed by atoms with Crippen molar-refractivity contribution in [1.29, 1.82) is 0 Å². The molecule has 2 saturated heterocycles. The number of piperidine rings is 1. The third-order valence-corrected chi connectivity index (χ3v) is 8.02. The number of rotatable bonds is 5. The first kappa shape index (κ1) is 27.3. The van der Waals surface area contributed by atoms with Gasteiger partial charge in [0, 0.05) is 61.8 Å². The highest BCUT2D eigenvalue weighted by molar-refractivity contribution is 6.38. The number of fused-ring (bicyclic) bond motifs is 1. The van der Waals surface area contributed by atoms with Gasteiger partial charge in [0.15, 0.2) is 0 Å². The molecule has 3 amide bonds. The number of anilines is 1. The van der Waals surface area contributed by atoms with Gasteiger partial charge in [-0.05, 0) is 75.6 Å². The van der Waals surface area contributed by atoms with Gasteiger partial charge in [-0.25, -0.2) is 14.6 Å². The van der Waals surface area contributed by atoms with Gasteiger partial charge in [0.05, 0.1) is 5.02 Å². The van der Waals surface area contributed by atoms with Gasteiger partial charge < -0.3 is 19.5 Å². The van der Waals surface area contributed by atoms with Crippen LogP contribution < -0.4 is 4.90 Å². The Morgan fingerprint density at radius 3 is 2.67 bits per heavy atom. The van der Waals surface area contributed by atoms with E-state index in [-0.39, 0.29) is 12.1 Å². The van der Waals surface area contributed by atoms with Crippen molar-refractivity contribution in [3.63, 3.8) is 0 Å². The average Bonchev–Trinajstić information content (AvgIpc) is 3.34. The van der Waals surface area contributed by atoms with Gasteiger partial charge >= 0.3 is 12.1 Å². The monoisotopic (exact) mass is 551 g/mol. The Hall–Kier alpha value is -3.26. The first-order chi connectivity index (χ1) is 18.6. The number of halogens is 1. The summed E-state index contributed by atoms with van der Waals surface area (Å²) in [6, 6.07) is 8.04. The van der Waals surface area contributed by atoms with Gasteiger partial charge in [0.25, 0.3) is 0 Å². The van der Waals surface area contributed by atoms with Crippen LogP contribution in [0, 0.1) is 5.92 Å². The maximum absolute atomic E-state index is 13.6. The van der Waals surface area contributed by atoms with Crippen molar-refractivity contribution >= 4 is 40.4 Å². The lowest BCUT2D eigenvalue weighted by Crippen LogP contribution is -2.52. The Kier molecular flexibility index (Phi) is 7.76. The molecule has 3 aromatic rings. The van der Waals surface area contributed by atoms with Crippen LogP contribution in [0.2, 0.25) is 5.02 Å². The molecule has 0 bridgehead atoms. The molecule has 0 aliphatic carbocycles. The summed E-state index contributed by atoms with van der Waals surface area (Å²) in [7, 11) is 0. The second kappa shape index (κ2) is 11.1. The lowest BCUT2D eigenvalue weighted by atomic mass is 9.96. The molecule has 0 unspecified atom stereocenters. The highest BCUT2D eigenvalue weighted by atomic mass is 35.5. The van der Waals surface area contributed by atoms with E-state index < -0.39 is 5.60 Å². The minimum Gasteiger partial charge on any atom is -0.444 e. The molecule has 0 saturated carbocycles. The molecule has 0 spiro atoms. The van der Waals surface area contributed by atoms with E-state index in [2.05, 4.69) is 16.9 Å². The number of aromatic amines is 1. The fourth-order valence-electron chi connectivity index (χ4n) is 5.57. The number of amides is 3. The maximum Gasteiger partial charge on any atom is 0.410 e. The Morgan fingerprint density at radius 1 is 1.18 bits per heavy atom. The molecular weight excluding hydrogens is 514 g/mol. The van der Waals surface area contributed by atoms with Crippen molar-refractivity contribution in [2.45, 2.75) is 59.0 Å². The van der Waals surface area contributed by atoms with Crippen LogP contribution in [0.5, 0.6) is 0 Å². The van der Waals surface area contributed by atoms with Crippen LogP contribution in [0.15, 0.2) is 36.7 Å². The third kappa shape index (κ3) is 5.86. The van der Waals surface area contributed by atoms with Crippen LogP contribution in [0.3, 0.4) is 0 Å². The number of carbonyl (C=O) groups is 2. The quantitative estimate of drug-likeness (QED) is 0.381. The van der Waals surface area contributed by atoms with Crippen molar-refractivity contribution in [3.05, 3.63) is 47.2 Å². The molecule has 1 N–H and O–H groups in total. The van der Waals surface area contributed by atoms with E-state index >= 15 is 0 Å². The molecule has 9 heteroatoms. The first-order valence-electron chi connectivity index (χ1n) is 13.9. The van der Waals surface area contributed by atoms with Gasteiger partial charge in [-0.15, -0.1) is 0 Å². The topological polar surface area (TPSA) is 81.8 Å². The van der Waals surface area contributed by atoms with Crippen LogP contribution >= 0.6 is 11.6 Å². The number of hydrogen-bond acceptors (Lipinski definition) is 4. The molecule has 208 valence electrons. The van der Waals surface area contributed by atoms with Crippen molar-refractivity contribution < 1.29 is 14.3 Å². The number of hydrogen-bond donors (Lipinski definition) is 1. The predicted octanol–water partition coefficient (Wildman–Crippen LogP) is 6.72. The standard InChI is InChI=1S/C30H38ClN5O3/c1-5-21-17-32-27-25(21)26(31)24(18-33-27)22-8-6-9-23(16-22)36-13-7-12-35(28(36)37)19-20-10-14-34(15-11-20)29(38)39-30(2,3)4/h6,8-9,16-18,20H,5,7,10-15,19H2,1-4H3,(H,32,33). The fraction of sp³-hybridized carbons (Fsp3) is 0.500. The summed E-state index contributed by atoms with van der Waals surface area (Å²) in [6.07, 6.45) is 7.02. The lowest BCUT2D eigenvalue weighted by Gasteiger charge is -2.39. The second-order valence-electron chi connectivity index (χ2n) is 11.6. The number of H-pyrrole nitrogens is 1. The third-order valence-electron chi connectivity index (χ3n) is 7.63. The molecule has 2 aromatic heterocycles. The first-order valence-corrected chi connectivity index (χ1v) is 14.3. The summed E-state index contributed by atoms with van der Waals surface area (Å²) in [5, 5.41) is 1.64. The van der Waals surface area contributed by atoms with E-state index in [1.165, 1.54) is 0 Å². The SMILES string of the molecule is CCc1c[nH]c2ncc(-c3cccc(N4CCCN(CC5CCN(C(=O)OC(C)(C)C)CC5)C4=O)c3)c(Cl)c12. The van der Waals surface area contributed by atoms with Crippen molar-refractivity contribution in [2.24, 2.45) is 5.92 Å². The highest BCUT2D eigenvalue weighted by Gasteiger charge is 2.32. The lowest BCUT2D eigenvalue weighted by molar-refractivity contribution is 0.0173. The van der Waals surface area contributed by atoms with Crippen LogP contribution in [0.4, 0.5) is 15.3 Å². The number of benzene rings is 1. The van der Waals surface area contributed by atoms with E-state index in [9.17, 15) is 9.59 Å². The number of pyridine rings is 1. The predicted molar refractivity (Wildman–Crippen MR) is 155 cm³/mol. The van der Waals surface area contributed by atoms with E-state index in [1.54, 1.807) is 11.1 Å². The molecule has 2 aliphatic rings. The van der Waals surface area contributed by atoms with Gasteiger partial charge in [-0.3, -0.25) is 4.90 Å². The number of nitrogens with one attached hydrogen (secondary N) is 1. The minimum absolute atomic E-state index is 0.0338. The Labute approximate surface area is 235 Å². The number of aromatic nitrogens is 2. The summed E-state index contributed by atoms with van der Waals surface area (Å²) in [6.45, 7) is 11.2. The average molecular weight is 552 g/mol. The smallest absolute Gasteiger partial charge is 0.410 e. The van der Waals surface area contributed by atoms with E-state index in [0.29, 0.717) is 37.1 Å². The number of ether oxygens (including phenoxy) is 1. The Balaban J connectivity index is 1.27. The van der Waals surface area contributed by atoms with Crippen molar-refractivity contribution in [1.82, 2.24) is 19.8 Å². The zero-order valence-electron chi connectivity index (χ0n) is 23.3. The van der Waals surface area contributed by atoms with E-state index in [4.69, 9.17) is 16.3 Å². The van der Waals surface area contributed by atoms with Crippen LogP contribution in [0.25, 0.3) is 22.2 Å². The van der Waals surface area contributed by atoms with Gasteiger partial charge in [-0.2, -0.15) is 0 Å². The molecule has 4 heterocycles. The van der Waals surface area contributed by atoms with E-state index in [1.807, 2.05) is 61.0 Å². The number of carbonyl (C=O) groups excluding carboxylic acids is 2. The molecule has 2 fully saturated rings. The number of nitrogens with zero attached hydrogens (tertiary/aromatic N) is 4. The largest absolute Gasteiger partial charge is 0.444 e.